The molecule has 0 saturated heterocycles. The molecule has 0 aliphatic heterocycles. The zero-order valence-electron chi connectivity index (χ0n) is 14.6. The number of phenols is 1. The van der Waals surface area contributed by atoms with E-state index in [2.05, 4.69) is 32.1 Å². The molecule has 3 fully saturated rings. The maximum absolute atomic E-state index is 13.0. The molecule has 5 atom stereocenters. The summed E-state index contributed by atoms with van der Waals surface area (Å²) in [7, 11) is 0. The minimum absolute atomic E-state index is 0.0596. The fraction of sp³-hybridized carbons (Fsp3) is 0.591. The fourth-order valence-corrected chi connectivity index (χ4v) is 7.15. The molecular weight excluding hydrogens is 296 g/mol. The summed E-state index contributed by atoms with van der Waals surface area (Å²) in [5.74, 6) is 1.84. The van der Waals surface area contributed by atoms with Gasteiger partial charge in [0, 0.05) is 11.8 Å². The van der Waals surface area contributed by atoms with Crippen LogP contribution in [0.25, 0.3) is 6.08 Å². The molecule has 126 valence electrons. The Balaban J connectivity index is 1.65. The van der Waals surface area contributed by atoms with Crippen LogP contribution < -0.4 is 0 Å². The zero-order chi connectivity index (χ0) is 16.7. The van der Waals surface area contributed by atoms with Crippen LogP contribution in [0.2, 0.25) is 0 Å². The number of aromatic hydroxyl groups is 1. The lowest BCUT2D eigenvalue weighted by atomic mass is 9.47. The van der Waals surface area contributed by atoms with Gasteiger partial charge in [0.1, 0.15) is 11.5 Å². The molecule has 24 heavy (non-hydrogen) atoms. The topological polar surface area (TPSA) is 37.3 Å². The number of allylic oxidation sites excluding steroid dienone is 1. The van der Waals surface area contributed by atoms with Crippen LogP contribution in [0.1, 0.15) is 63.5 Å². The highest BCUT2D eigenvalue weighted by molar-refractivity contribution is 5.89. The average molecular weight is 322 g/mol. The van der Waals surface area contributed by atoms with Crippen LogP contribution in [0.5, 0.6) is 5.75 Å². The van der Waals surface area contributed by atoms with Gasteiger partial charge in [0.2, 0.25) is 0 Å². The SMILES string of the molecule is C[C@]12CCC(=O)[C@]13CC[C@]1(C)c4ccc(O)cc4C=CC1C3CC2. The number of fused-ring (bicyclic) bond motifs is 4. The Bertz CT molecular complexity index is 778. The van der Waals surface area contributed by atoms with E-state index in [-0.39, 0.29) is 16.2 Å². The van der Waals surface area contributed by atoms with Gasteiger partial charge in [-0.2, -0.15) is 0 Å². The van der Waals surface area contributed by atoms with Crippen molar-refractivity contribution in [3.05, 3.63) is 35.4 Å². The van der Waals surface area contributed by atoms with Crippen molar-refractivity contribution in [1.29, 1.82) is 0 Å². The van der Waals surface area contributed by atoms with Crippen molar-refractivity contribution in [2.24, 2.45) is 22.7 Å². The molecule has 2 unspecified atom stereocenters. The smallest absolute Gasteiger partial charge is 0.139 e. The van der Waals surface area contributed by atoms with Crippen LogP contribution >= 0.6 is 0 Å². The summed E-state index contributed by atoms with van der Waals surface area (Å²) < 4.78 is 0. The molecule has 0 aromatic heterocycles. The van der Waals surface area contributed by atoms with E-state index in [1.54, 1.807) is 0 Å². The van der Waals surface area contributed by atoms with Gasteiger partial charge in [-0.05, 0) is 78.0 Å². The van der Waals surface area contributed by atoms with Crippen molar-refractivity contribution < 1.29 is 9.90 Å². The molecule has 1 spiro atoms. The summed E-state index contributed by atoms with van der Waals surface area (Å²) in [4.78, 5) is 13.0. The third-order valence-corrected chi connectivity index (χ3v) is 8.46. The molecule has 1 aromatic carbocycles. The van der Waals surface area contributed by atoms with Gasteiger partial charge in [-0.1, -0.05) is 32.1 Å². The Labute approximate surface area is 144 Å². The van der Waals surface area contributed by atoms with Gasteiger partial charge in [0.25, 0.3) is 0 Å². The molecule has 4 aliphatic rings. The highest BCUT2D eigenvalue weighted by Gasteiger charge is 2.69. The number of hydrogen-bond donors (Lipinski definition) is 1. The number of ketones is 1. The van der Waals surface area contributed by atoms with Gasteiger partial charge in [-0.25, -0.2) is 0 Å². The van der Waals surface area contributed by atoms with Crippen LogP contribution in [0.3, 0.4) is 0 Å². The van der Waals surface area contributed by atoms with Gasteiger partial charge in [-0.3, -0.25) is 4.79 Å². The third-order valence-electron chi connectivity index (χ3n) is 8.46. The van der Waals surface area contributed by atoms with E-state index in [9.17, 15) is 9.90 Å². The van der Waals surface area contributed by atoms with Gasteiger partial charge in [0.15, 0.2) is 0 Å². The van der Waals surface area contributed by atoms with Crippen molar-refractivity contribution in [2.45, 2.75) is 57.8 Å². The Hall–Kier alpha value is -1.57. The predicted molar refractivity (Wildman–Crippen MR) is 94.7 cm³/mol. The lowest BCUT2D eigenvalue weighted by Gasteiger charge is -2.55. The van der Waals surface area contributed by atoms with E-state index in [0.717, 1.165) is 31.2 Å². The molecule has 2 nitrogen and oxygen atoms in total. The molecule has 0 bridgehead atoms. The normalized spacial score (nSPS) is 45.5. The van der Waals surface area contributed by atoms with E-state index >= 15 is 0 Å². The molecule has 1 aromatic rings. The number of Topliss-reactive ketones (excluding diaryl/α,β-unsaturated/α-hetero) is 1. The van der Waals surface area contributed by atoms with Gasteiger partial charge >= 0.3 is 0 Å². The molecule has 5 rings (SSSR count). The van der Waals surface area contributed by atoms with E-state index in [0.29, 0.717) is 23.4 Å². The second-order valence-corrected chi connectivity index (χ2v) is 9.17. The molecule has 4 aliphatic carbocycles. The zero-order valence-corrected chi connectivity index (χ0v) is 14.6. The maximum Gasteiger partial charge on any atom is 0.139 e. The number of benzene rings is 1. The van der Waals surface area contributed by atoms with Crippen molar-refractivity contribution in [2.75, 3.05) is 0 Å². The first-order valence-electron chi connectivity index (χ1n) is 9.46. The van der Waals surface area contributed by atoms with Crippen molar-refractivity contribution in [3.63, 3.8) is 0 Å². The van der Waals surface area contributed by atoms with E-state index < -0.39 is 0 Å². The standard InChI is InChI=1S/C22H26O2/c1-20-9-7-18-17-5-3-14-13-15(23)4-6-16(14)21(17,2)11-12-22(18,20)19(24)8-10-20/h3-6,13,17-18,23H,7-12H2,1-2H3/t17?,18?,20-,21+,22+/m0/s1. The number of phenolic OH excluding ortho intramolecular Hbond substituents is 1. The summed E-state index contributed by atoms with van der Waals surface area (Å²) in [6.07, 6.45) is 11.0. The van der Waals surface area contributed by atoms with Gasteiger partial charge in [0.05, 0.1) is 0 Å². The Morgan fingerprint density at radius 1 is 1.12 bits per heavy atom. The average Bonchev–Trinajstić information content (AvgIpc) is 2.98. The Morgan fingerprint density at radius 2 is 1.96 bits per heavy atom. The van der Waals surface area contributed by atoms with Crippen molar-refractivity contribution in [3.8, 4) is 5.75 Å². The monoisotopic (exact) mass is 322 g/mol. The van der Waals surface area contributed by atoms with Crippen LogP contribution in [0, 0.1) is 22.7 Å². The Morgan fingerprint density at radius 3 is 2.79 bits per heavy atom. The minimum atomic E-state index is -0.0596. The molecule has 3 saturated carbocycles. The first kappa shape index (κ1) is 14.7. The van der Waals surface area contributed by atoms with E-state index in [1.807, 2.05) is 12.1 Å². The van der Waals surface area contributed by atoms with E-state index in [4.69, 9.17) is 0 Å². The summed E-state index contributed by atoms with van der Waals surface area (Å²) in [5.41, 5.74) is 2.79. The van der Waals surface area contributed by atoms with Crippen LogP contribution in [-0.2, 0) is 10.2 Å². The summed E-state index contributed by atoms with van der Waals surface area (Å²) in [6.45, 7) is 4.78. The second-order valence-electron chi connectivity index (χ2n) is 9.17. The van der Waals surface area contributed by atoms with Crippen molar-refractivity contribution in [1.82, 2.24) is 0 Å². The largest absolute Gasteiger partial charge is 0.508 e. The second kappa shape index (κ2) is 4.33. The maximum atomic E-state index is 13.0. The fourth-order valence-electron chi connectivity index (χ4n) is 7.15. The highest BCUT2D eigenvalue weighted by Crippen LogP contribution is 2.72. The van der Waals surface area contributed by atoms with Crippen LogP contribution in [-0.4, -0.2) is 10.9 Å². The molecule has 0 radical (unpaired) electrons. The first-order chi connectivity index (χ1) is 11.4. The minimum Gasteiger partial charge on any atom is -0.508 e. The lowest BCUT2D eigenvalue weighted by molar-refractivity contribution is -0.137. The predicted octanol–water partition coefficient (Wildman–Crippen LogP) is 4.85. The van der Waals surface area contributed by atoms with Crippen LogP contribution in [0.4, 0.5) is 0 Å². The number of carbonyl (C=O) groups is 1. The molecular formula is C22H26O2. The molecule has 0 heterocycles. The number of hydrogen-bond acceptors (Lipinski definition) is 2. The summed E-state index contributed by atoms with van der Waals surface area (Å²) in [6, 6.07) is 5.82. The molecule has 2 heteroatoms. The van der Waals surface area contributed by atoms with Gasteiger partial charge in [-0.15, -0.1) is 0 Å². The summed E-state index contributed by atoms with van der Waals surface area (Å²) >= 11 is 0. The lowest BCUT2D eigenvalue weighted by Crippen LogP contribution is -2.53. The third kappa shape index (κ3) is 1.47. The molecule has 1 N–H and O–H groups in total. The number of carbonyl (C=O) groups excluding carboxylic acids is 1. The highest BCUT2D eigenvalue weighted by atomic mass is 16.3. The summed E-state index contributed by atoms with van der Waals surface area (Å²) in [5, 5.41) is 9.83. The first-order valence-corrected chi connectivity index (χ1v) is 9.46. The van der Waals surface area contributed by atoms with E-state index in [1.165, 1.54) is 18.4 Å². The Kier molecular flexibility index (Phi) is 2.66. The van der Waals surface area contributed by atoms with Crippen molar-refractivity contribution >= 4 is 11.9 Å². The van der Waals surface area contributed by atoms with Crippen LogP contribution in [0.15, 0.2) is 24.3 Å². The molecule has 0 amide bonds. The quantitative estimate of drug-likeness (QED) is 0.741. The van der Waals surface area contributed by atoms with Gasteiger partial charge < -0.3 is 5.11 Å². The number of rotatable bonds is 0.